The topological polar surface area (TPSA) is 41.1 Å². The highest BCUT2D eigenvalue weighted by molar-refractivity contribution is 5.94. The van der Waals surface area contributed by atoms with Crippen molar-refractivity contribution in [2.45, 2.75) is 32.1 Å². The fraction of sp³-hybridized carbons (Fsp3) is 0.533. The van der Waals surface area contributed by atoms with Gasteiger partial charge < -0.3 is 10.6 Å². The smallest absolute Gasteiger partial charge is 0.224 e. The molecule has 96 valence electrons. The first-order valence-electron chi connectivity index (χ1n) is 6.94. The van der Waals surface area contributed by atoms with Gasteiger partial charge in [-0.3, -0.25) is 4.79 Å². The van der Waals surface area contributed by atoms with Crippen LogP contribution in [0.5, 0.6) is 0 Å². The van der Waals surface area contributed by atoms with Crippen LogP contribution in [0.4, 0.5) is 5.69 Å². The van der Waals surface area contributed by atoms with Crippen LogP contribution in [0, 0.1) is 5.92 Å². The quantitative estimate of drug-likeness (QED) is 0.836. The predicted octanol–water partition coefficient (Wildman–Crippen LogP) is 2.11. The van der Waals surface area contributed by atoms with Crippen LogP contribution >= 0.6 is 0 Å². The maximum absolute atomic E-state index is 11.5. The van der Waals surface area contributed by atoms with Crippen molar-refractivity contribution in [3.63, 3.8) is 0 Å². The Labute approximate surface area is 108 Å². The van der Waals surface area contributed by atoms with E-state index in [0.29, 0.717) is 6.42 Å². The lowest BCUT2D eigenvalue weighted by Gasteiger charge is -2.25. The van der Waals surface area contributed by atoms with Crippen LogP contribution in [-0.2, 0) is 17.6 Å². The van der Waals surface area contributed by atoms with Crippen LogP contribution in [0.3, 0.4) is 0 Å². The summed E-state index contributed by atoms with van der Waals surface area (Å²) in [5, 5.41) is 6.46. The fourth-order valence-electron chi connectivity index (χ4n) is 3.04. The molecule has 1 saturated heterocycles. The Hall–Kier alpha value is -1.35. The van der Waals surface area contributed by atoms with Crippen LogP contribution in [0.15, 0.2) is 18.2 Å². The minimum absolute atomic E-state index is 0.167. The minimum Gasteiger partial charge on any atom is -0.326 e. The lowest BCUT2D eigenvalue weighted by atomic mass is 9.88. The average molecular weight is 244 g/mol. The van der Waals surface area contributed by atoms with E-state index in [1.807, 2.05) is 0 Å². The normalized spacial score (nSPS) is 20.3. The lowest BCUT2D eigenvalue weighted by molar-refractivity contribution is -0.116. The molecule has 1 aromatic carbocycles. The molecule has 2 heterocycles. The van der Waals surface area contributed by atoms with Crippen molar-refractivity contribution in [3.8, 4) is 0 Å². The molecule has 1 aromatic rings. The molecule has 0 bridgehead atoms. The van der Waals surface area contributed by atoms with E-state index in [2.05, 4.69) is 28.8 Å². The zero-order valence-corrected chi connectivity index (χ0v) is 10.7. The number of hydrogen-bond acceptors (Lipinski definition) is 2. The van der Waals surface area contributed by atoms with E-state index in [9.17, 15) is 4.79 Å². The molecule has 0 atom stereocenters. The van der Waals surface area contributed by atoms with E-state index in [1.54, 1.807) is 0 Å². The van der Waals surface area contributed by atoms with Gasteiger partial charge in [0.2, 0.25) is 5.91 Å². The maximum Gasteiger partial charge on any atom is 0.224 e. The largest absolute Gasteiger partial charge is 0.326 e. The van der Waals surface area contributed by atoms with Crippen molar-refractivity contribution in [2.24, 2.45) is 5.92 Å². The number of hydrogen-bond donors (Lipinski definition) is 2. The summed E-state index contributed by atoms with van der Waals surface area (Å²) < 4.78 is 0. The third kappa shape index (κ3) is 2.41. The second-order valence-electron chi connectivity index (χ2n) is 5.40. The summed E-state index contributed by atoms with van der Waals surface area (Å²) in [5.74, 6) is 0.928. The number of amides is 1. The van der Waals surface area contributed by atoms with Crippen molar-refractivity contribution in [1.82, 2.24) is 5.32 Å². The van der Waals surface area contributed by atoms with Gasteiger partial charge in [0.25, 0.3) is 0 Å². The Balaban J connectivity index is 1.81. The number of rotatable bonds is 2. The highest BCUT2D eigenvalue weighted by atomic mass is 16.1. The average Bonchev–Trinajstić information content (AvgIpc) is 2.41. The Morgan fingerprint density at radius 2 is 2.00 bits per heavy atom. The van der Waals surface area contributed by atoms with E-state index in [0.717, 1.165) is 37.5 Å². The monoisotopic (exact) mass is 244 g/mol. The summed E-state index contributed by atoms with van der Waals surface area (Å²) in [7, 11) is 0. The van der Waals surface area contributed by atoms with E-state index in [-0.39, 0.29) is 5.91 Å². The highest BCUT2D eigenvalue weighted by Gasteiger charge is 2.20. The zero-order chi connectivity index (χ0) is 12.4. The Kier molecular flexibility index (Phi) is 3.33. The molecule has 0 spiro atoms. The number of fused-ring (bicyclic) bond motifs is 1. The maximum atomic E-state index is 11.5. The van der Waals surface area contributed by atoms with Crippen molar-refractivity contribution in [3.05, 3.63) is 29.3 Å². The van der Waals surface area contributed by atoms with Gasteiger partial charge in [0, 0.05) is 12.1 Å². The summed E-state index contributed by atoms with van der Waals surface area (Å²) in [5.41, 5.74) is 3.74. The number of carbonyl (C=O) groups is 1. The molecule has 3 nitrogen and oxygen atoms in total. The summed E-state index contributed by atoms with van der Waals surface area (Å²) in [4.78, 5) is 11.5. The van der Waals surface area contributed by atoms with Gasteiger partial charge in [-0.15, -0.1) is 0 Å². The van der Waals surface area contributed by atoms with Crippen molar-refractivity contribution in [1.29, 1.82) is 0 Å². The van der Waals surface area contributed by atoms with Crippen LogP contribution in [-0.4, -0.2) is 19.0 Å². The molecule has 0 radical (unpaired) electrons. The van der Waals surface area contributed by atoms with Gasteiger partial charge in [0.05, 0.1) is 0 Å². The van der Waals surface area contributed by atoms with Crippen molar-refractivity contribution < 1.29 is 4.79 Å². The Morgan fingerprint density at radius 3 is 2.83 bits per heavy atom. The third-order valence-electron chi connectivity index (χ3n) is 4.09. The van der Waals surface area contributed by atoms with Gasteiger partial charge >= 0.3 is 0 Å². The van der Waals surface area contributed by atoms with Gasteiger partial charge in [-0.2, -0.15) is 0 Å². The van der Waals surface area contributed by atoms with Crippen molar-refractivity contribution in [2.75, 3.05) is 18.4 Å². The summed E-state index contributed by atoms with van der Waals surface area (Å²) >= 11 is 0. The fourth-order valence-corrected chi connectivity index (χ4v) is 3.04. The van der Waals surface area contributed by atoms with Gasteiger partial charge in [-0.05, 0) is 55.8 Å². The summed E-state index contributed by atoms with van der Waals surface area (Å²) in [6.07, 6.45) is 5.12. The third-order valence-corrected chi connectivity index (χ3v) is 4.09. The SMILES string of the molecule is O=C1CCc2cccc(CC3CCNCC3)c2N1. The van der Waals surface area contributed by atoms with Gasteiger partial charge in [0.1, 0.15) is 0 Å². The molecule has 1 amide bonds. The first-order valence-corrected chi connectivity index (χ1v) is 6.94. The van der Waals surface area contributed by atoms with Crippen LogP contribution in [0.2, 0.25) is 0 Å². The molecule has 0 saturated carbocycles. The van der Waals surface area contributed by atoms with Crippen LogP contribution < -0.4 is 10.6 Å². The molecule has 0 aliphatic carbocycles. The molecule has 3 heteroatoms. The molecule has 2 aliphatic heterocycles. The highest BCUT2D eigenvalue weighted by Crippen LogP contribution is 2.30. The number of anilines is 1. The predicted molar refractivity (Wildman–Crippen MR) is 72.7 cm³/mol. The van der Waals surface area contributed by atoms with Crippen LogP contribution in [0.25, 0.3) is 0 Å². The van der Waals surface area contributed by atoms with Gasteiger partial charge in [-0.25, -0.2) is 0 Å². The summed E-state index contributed by atoms with van der Waals surface area (Å²) in [6, 6.07) is 6.44. The molecule has 3 rings (SSSR count). The molecular weight excluding hydrogens is 224 g/mol. The molecule has 0 aromatic heterocycles. The second-order valence-corrected chi connectivity index (χ2v) is 5.40. The molecule has 2 N–H and O–H groups in total. The van der Waals surface area contributed by atoms with Crippen LogP contribution in [0.1, 0.15) is 30.4 Å². The number of nitrogens with one attached hydrogen (secondary N) is 2. The first-order chi connectivity index (χ1) is 8.83. The van der Waals surface area contributed by atoms with E-state index in [4.69, 9.17) is 0 Å². The number of carbonyl (C=O) groups excluding carboxylic acids is 1. The van der Waals surface area contributed by atoms with Crippen molar-refractivity contribution >= 4 is 11.6 Å². The number of piperidine rings is 1. The molecular formula is C15H20N2O. The number of benzene rings is 1. The van der Waals surface area contributed by atoms with Gasteiger partial charge in [0.15, 0.2) is 0 Å². The van der Waals surface area contributed by atoms with E-state index in [1.165, 1.54) is 24.0 Å². The lowest BCUT2D eigenvalue weighted by Crippen LogP contribution is -2.29. The second kappa shape index (κ2) is 5.11. The standard InChI is InChI=1S/C15H20N2O/c18-14-5-4-12-2-1-3-13(15(12)17-14)10-11-6-8-16-9-7-11/h1-3,11,16H,4-10H2,(H,17,18). The Morgan fingerprint density at radius 1 is 1.17 bits per heavy atom. The molecule has 2 aliphatic rings. The molecule has 18 heavy (non-hydrogen) atoms. The summed E-state index contributed by atoms with van der Waals surface area (Å²) in [6.45, 7) is 2.26. The van der Waals surface area contributed by atoms with E-state index >= 15 is 0 Å². The van der Waals surface area contributed by atoms with E-state index < -0.39 is 0 Å². The minimum atomic E-state index is 0.167. The number of para-hydroxylation sites is 1. The molecule has 0 unspecified atom stereocenters. The van der Waals surface area contributed by atoms with Gasteiger partial charge in [-0.1, -0.05) is 18.2 Å². The number of aryl methyl sites for hydroxylation is 1. The zero-order valence-electron chi connectivity index (χ0n) is 10.7. The first kappa shape index (κ1) is 11.7. The molecule has 1 fully saturated rings. The Bertz CT molecular complexity index is 450.